The van der Waals surface area contributed by atoms with E-state index in [4.69, 9.17) is 18.6 Å². The van der Waals surface area contributed by atoms with Crippen molar-refractivity contribution < 1.29 is 28.5 Å². The minimum Gasteiger partial charge on any atom is -0.469 e. The predicted molar refractivity (Wildman–Crippen MR) is 206 cm³/mol. The van der Waals surface area contributed by atoms with Crippen molar-refractivity contribution >= 4 is 24.7 Å². The van der Waals surface area contributed by atoms with Crippen molar-refractivity contribution in [1.29, 1.82) is 0 Å². The van der Waals surface area contributed by atoms with Gasteiger partial charge in [0.05, 0.1) is 24.9 Å². The molecule has 0 spiro atoms. The van der Waals surface area contributed by atoms with E-state index in [0.29, 0.717) is 12.8 Å². The van der Waals surface area contributed by atoms with Crippen LogP contribution in [0.15, 0.2) is 85.0 Å². The zero-order chi connectivity index (χ0) is 36.0. The minimum atomic E-state index is -2.85. The number of allylic oxidation sites excluding steroid dienone is 2. The predicted octanol–water partition coefficient (Wildman–Crippen LogP) is 8.66. The first-order chi connectivity index (χ1) is 24.0. The topological polar surface area (TPSA) is 74.2 Å². The summed E-state index contributed by atoms with van der Waals surface area (Å²) in [6, 6.07) is 21.8. The van der Waals surface area contributed by atoms with Crippen LogP contribution in [0.2, 0.25) is 5.04 Å². The molecule has 2 aliphatic rings. The van der Waals surface area contributed by atoms with Gasteiger partial charge in [0.15, 0.2) is 6.29 Å². The van der Waals surface area contributed by atoms with Gasteiger partial charge in [-0.05, 0) is 73.2 Å². The molecule has 1 saturated heterocycles. The van der Waals surface area contributed by atoms with E-state index in [1.54, 1.807) is 0 Å². The highest BCUT2D eigenvalue weighted by Gasteiger charge is 2.53. The van der Waals surface area contributed by atoms with Gasteiger partial charge in [0.2, 0.25) is 0 Å². The number of unbranched alkanes of at least 4 members (excludes halogenated alkanes) is 3. The second-order valence-corrected chi connectivity index (χ2v) is 19.8. The Morgan fingerprint density at radius 1 is 0.960 bits per heavy atom. The van der Waals surface area contributed by atoms with E-state index in [9.17, 15) is 9.90 Å². The summed E-state index contributed by atoms with van der Waals surface area (Å²) in [6.45, 7) is 12.3. The molecule has 0 radical (unpaired) electrons. The number of rotatable bonds is 18. The summed E-state index contributed by atoms with van der Waals surface area (Å²) in [5.41, 5.74) is -0.548. The molecule has 1 aliphatic carbocycles. The number of carbonyl (C=O) groups is 1. The van der Waals surface area contributed by atoms with E-state index >= 15 is 0 Å². The molecule has 0 amide bonds. The van der Waals surface area contributed by atoms with Crippen LogP contribution in [-0.2, 0) is 23.4 Å². The molecule has 276 valence electrons. The first kappa shape index (κ1) is 40.2. The normalized spacial score (nSPS) is 24.5. The zero-order valence-electron chi connectivity index (χ0n) is 31.7. The Bertz CT molecular complexity index is 1290. The SMILES string of the molecule is CCCCCC(C)(C=C[C@@H]1[C@@H](CC=CCCCC(=O)OC)[C@@H](O)C[C@H]1OC1CCCCO1)O[Si](c1ccccc1)(c1ccccc1)C(C)(C)C. The number of aliphatic hydroxyl groups is 1. The Kier molecular flexibility index (Phi) is 15.5. The molecule has 1 N–H and O–H groups in total. The van der Waals surface area contributed by atoms with Gasteiger partial charge >= 0.3 is 5.97 Å². The molecule has 1 heterocycles. The van der Waals surface area contributed by atoms with Crippen LogP contribution in [0.4, 0.5) is 0 Å². The molecule has 6 atom stereocenters. The Labute approximate surface area is 303 Å². The van der Waals surface area contributed by atoms with Crippen LogP contribution in [0.25, 0.3) is 0 Å². The van der Waals surface area contributed by atoms with Gasteiger partial charge < -0.3 is 23.7 Å². The first-order valence-corrected chi connectivity index (χ1v) is 21.1. The van der Waals surface area contributed by atoms with Gasteiger partial charge in [-0.15, -0.1) is 0 Å². The largest absolute Gasteiger partial charge is 0.469 e. The highest BCUT2D eigenvalue weighted by Crippen LogP contribution is 2.43. The number of hydrogen-bond acceptors (Lipinski definition) is 6. The smallest absolute Gasteiger partial charge is 0.305 e. The maximum absolute atomic E-state index is 11.6. The summed E-state index contributed by atoms with van der Waals surface area (Å²) < 4.78 is 25.3. The van der Waals surface area contributed by atoms with Gasteiger partial charge in [-0.2, -0.15) is 0 Å². The Morgan fingerprint density at radius 2 is 1.64 bits per heavy atom. The van der Waals surface area contributed by atoms with Crippen molar-refractivity contribution in [2.24, 2.45) is 11.8 Å². The van der Waals surface area contributed by atoms with Crippen molar-refractivity contribution in [1.82, 2.24) is 0 Å². The molecule has 50 heavy (non-hydrogen) atoms. The van der Waals surface area contributed by atoms with Gasteiger partial charge in [0.1, 0.15) is 0 Å². The lowest BCUT2D eigenvalue weighted by molar-refractivity contribution is -0.193. The van der Waals surface area contributed by atoms with Crippen LogP contribution in [0.3, 0.4) is 0 Å². The molecule has 2 aromatic rings. The van der Waals surface area contributed by atoms with E-state index < -0.39 is 20.0 Å². The van der Waals surface area contributed by atoms with Gasteiger partial charge in [-0.3, -0.25) is 4.79 Å². The fourth-order valence-electron chi connectivity index (χ4n) is 7.89. The van der Waals surface area contributed by atoms with Gasteiger partial charge in [-0.25, -0.2) is 0 Å². The number of aliphatic hydroxyl groups excluding tert-OH is 1. The van der Waals surface area contributed by atoms with Crippen LogP contribution in [0.5, 0.6) is 0 Å². The number of carbonyl (C=O) groups excluding carboxylic acids is 1. The van der Waals surface area contributed by atoms with E-state index in [-0.39, 0.29) is 35.2 Å². The van der Waals surface area contributed by atoms with Crippen LogP contribution in [0, 0.1) is 11.8 Å². The molecular formula is C43H64O6Si. The third kappa shape index (κ3) is 10.7. The second kappa shape index (κ2) is 19.3. The standard InChI is InChI=1S/C43H64O6Si/c1-7-8-20-30-43(5,49-50(42(2,3)4,34-22-13-11-14-23-34)35-24-15-12-16-25-35)31-29-37-36(26-17-9-10-18-27-40(45)46-6)38(44)33-39(37)48-41-28-19-21-32-47-41/h9,11-17,22-25,29,31,36-39,41,44H,7-8,10,18-21,26-28,30,32-33H2,1-6H3/t36-,37-,38+,39-,41?,43?/m1/s1. The number of benzene rings is 2. The molecule has 1 aliphatic heterocycles. The van der Waals surface area contributed by atoms with Crippen LogP contribution in [0.1, 0.15) is 112 Å². The van der Waals surface area contributed by atoms with Crippen molar-refractivity contribution in [3.05, 3.63) is 85.0 Å². The van der Waals surface area contributed by atoms with E-state index in [1.165, 1.54) is 17.5 Å². The highest BCUT2D eigenvalue weighted by molar-refractivity contribution is 6.99. The third-order valence-electron chi connectivity index (χ3n) is 10.7. The molecule has 2 unspecified atom stereocenters. The van der Waals surface area contributed by atoms with Crippen molar-refractivity contribution in [3.63, 3.8) is 0 Å². The molecule has 4 rings (SSSR count). The Hall–Kier alpha value is -2.55. The lowest BCUT2D eigenvalue weighted by Gasteiger charge is -2.48. The summed E-state index contributed by atoms with van der Waals surface area (Å²) in [4.78, 5) is 11.6. The molecule has 2 fully saturated rings. The minimum absolute atomic E-state index is 0.00324. The molecular weight excluding hydrogens is 641 g/mol. The molecule has 0 aromatic heterocycles. The lowest BCUT2D eigenvalue weighted by Crippen LogP contribution is -2.69. The molecule has 1 saturated carbocycles. The van der Waals surface area contributed by atoms with E-state index in [0.717, 1.165) is 70.8 Å². The van der Waals surface area contributed by atoms with Gasteiger partial charge in [-0.1, -0.05) is 132 Å². The summed E-state index contributed by atoms with van der Waals surface area (Å²) in [5.74, 6) is -0.171. The average molecular weight is 705 g/mol. The quantitative estimate of drug-likeness (QED) is 0.0725. The molecule has 7 heteroatoms. The van der Waals surface area contributed by atoms with Gasteiger partial charge in [0.25, 0.3) is 8.32 Å². The molecule has 0 bridgehead atoms. The second-order valence-electron chi connectivity index (χ2n) is 15.6. The average Bonchev–Trinajstić information content (AvgIpc) is 3.41. The summed E-state index contributed by atoms with van der Waals surface area (Å²) in [7, 11) is -1.42. The summed E-state index contributed by atoms with van der Waals surface area (Å²) in [6.07, 6.45) is 18.7. The Balaban J connectivity index is 1.70. The van der Waals surface area contributed by atoms with E-state index in [1.807, 2.05) is 0 Å². The van der Waals surface area contributed by atoms with Crippen molar-refractivity contribution in [2.75, 3.05) is 13.7 Å². The summed E-state index contributed by atoms with van der Waals surface area (Å²) >= 11 is 0. The van der Waals surface area contributed by atoms with Gasteiger partial charge in [0, 0.05) is 25.4 Å². The lowest BCUT2D eigenvalue weighted by atomic mass is 9.87. The maximum atomic E-state index is 11.6. The van der Waals surface area contributed by atoms with E-state index in [2.05, 4.69) is 120 Å². The Morgan fingerprint density at radius 3 is 2.22 bits per heavy atom. The highest BCUT2D eigenvalue weighted by atomic mass is 28.4. The maximum Gasteiger partial charge on any atom is 0.305 e. The number of methoxy groups -OCH3 is 1. The number of hydrogen-bond donors (Lipinski definition) is 1. The summed E-state index contributed by atoms with van der Waals surface area (Å²) in [5, 5.41) is 13.9. The third-order valence-corrected chi connectivity index (χ3v) is 15.8. The fraction of sp³-hybridized carbons (Fsp3) is 0.605. The van der Waals surface area contributed by atoms with Crippen LogP contribution >= 0.6 is 0 Å². The molecule has 6 nitrogen and oxygen atoms in total. The fourth-order valence-corrected chi connectivity index (χ4v) is 12.7. The van der Waals surface area contributed by atoms with Crippen molar-refractivity contribution in [3.8, 4) is 0 Å². The number of ether oxygens (including phenoxy) is 3. The van der Waals surface area contributed by atoms with Crippen molar-refractivity contribution in [2.45, 2.75) is 141 Å². The first-order valence-electron chi connectivity index (χ1n) is 19.2. The van der Waals surface area contributed by atoms with Crippen LogP contribution < -0.4 is 10.4 Å². The molecule has 2 aromatic carbocycles. The zero-order valence-corrected chi connectivity index (χ0v) is 32.7. The monoisotopic (exact) mass is 704 g/mol. The number of esters is 1. The van der Waals surface area contributed by atoms with Crippen LogP contribution in [-0.4, -0.2) is 57.2 Å².